The van der Waals surface area contributed by atoms with E-state index in [4.69, 9.17) is 0 Å². The summed E-state index contributed by atoms with van der Waals surface area (Å²) in [6.45, 7) is 6.93. The average molecular weight is 184 g/mol. The summed E-state index contributed by atoms with van der Waals surface area (Å²) in [6, 6.07) is 0. The zero-order valence-electron chi connectivity index (χ0n) is 9.34. The fourth-order valence-electron chi connectivity index (χ4n) is 2.07. The van der Waals surface area contributed by atoms with Gasteiger partial charge in [0.05, 0.1) is 6.10 Å². The van der Waals surface area contributed by atoms with E-state index in [0.717, 1.165) is 18.8 Å². The first kappa shape index (κ1) is 11.0. The summed E-state index contributed by atoms with van der Waals surface area (Å²) < 4.78 is 0. The standard InChI is InChI=1S/C12H24O/c1-12(2,3)9-8-10-4-6-11(13)7-5-10/h10-11,13H,4-9H2,1-3H3/t10-,11+. The normalized spacial score (nSPS) is 30.5. The molecule has 1 aliphatic rings. The Bertz CT molecular complexity index is 138. The van der Waals surface area contributed by atoms with Crippen LogP contribution in [0.5, 0.6) is 0 Å². The van der Waals surface area contributed by atoms with Gasteiger partial charge >= 0.3 is 0 Å². The van der Waals surface area contributed by atoms with E-state index in [9.17, 15) is 5.11 Å². The Morgan fingerprint density at radius 1 is 1.08 bits per heavy atom. The van der Waals surface area contributed by atoms with E-state index in [2.05, 4.69) is 20.8 Å². The van der Waals surface area contributed by atoms with Gasteiger partial charge < -0.3 is 5.11 Å². The maximum Gasteiger partial charge on any atom is 0.0540 e. The molecule has 0 aromatic heterocycles. The van der Waals surface area contributed by atoms with E-state index in [1.165, 1.54) is 25.7 Å². The first-order chi connectivity index (χ1) is 5.97. The van der Waals surface area contributed by atoms with Gasteiger partial charge in [0, 0.05) is 0 Å². The Balaban J connectivity index is 2.16. The molecule has 0 aromatic rings. The summed E-state index contributed by atoms with van der Waals surface area (Å²) in [7, 11) is 0. The zero-order valence-corrected chi connectivity index (χ0v) is 9.34. The van der Waals surface area contributed by atoms with E-state index in [1.807, 2.05) is 0 Å². The van der Waals surface area contributed by atoms with Crippen molar-refractivity contribution in [2.45, 2.75) is 65.4 Å². The van der Waals surface area contributed by atoms with E-state index in [0.29, 0.717) is 5.41 Å². The van der Waals surface area contributed by atoms with Crippen molar-refractivity contribution in [3.8, 4) is 0 Å². The molecule has 0 spiro atoms. The molecule has 0 radical (unpaired) electrons. The third kappa shape index (κ3) is 4.66. The molecule has 13 heavy (non-hydrogen) atoms. The molecule has 1 saturated carbocycles. The van der Waals surface area contributed by atoms with Crippen LogP contribution in [0.4, 0.5) is 0 Å². The van der Waals surface area contributed by atoms with Gasteiger partial charge in [-0.25, -0.2) is 0 Å². The quantitative estimate of drug-likeness (QED) is 0.697. The SMILES string of the molecule is CC(C)(C)CC[C@H]1CC[C@@H](O)CC1. The molecule has 0 aromatic carbocycles. The van der Waals surface area contributed by atoms with Crippen molar-refractivity contribution in [2.24, 2.45) is 11.3 Å². The van der Waals surface area contributed by atoms with Gasteiger partial charge in [0.1, 0.15) is 0 Å². The van der Waals surface area contributed by atoms with Crippen molar-refractivity contribution < 1.29 is 5.11 Å². The number of aliphatic hydroxyl groups excluding tert-OH is 1. The van der Waals surface area contributed by atoms with Gasteiger partial charge in [-0.2, -0.15) is 0 Å². The predicted molar refractivity (Wildman–Crippen MR) is 56.7 cm³/mol. The molecule has 1 nitrogen and oxygen atoms in total. The molecular weight excluding hydrogens is 160 g/mol. The minimum absolute atomic E-state index is 0.00545. The van der Waals surface area contributed by atoms with Crippen LogP contribution in [0.1, 0.15) is 59.3 Å². The lowest BCUT2D eigenvalue weighted by atomic mass is 9.80. The molecular formula is C12H24O. The lowest BCUT2D eigenvalue weighted by Gasteiger charge is -2.28. The third-order valence-electron chi connectivity index (χ3n) is 3.12. The molecule has 78 valence electrons. The lowest BCUT2D eigenvalue weighted by Crippen LogP contribution is -2.19. The van der Waals surface area contributed by atoms with E-state index in [-0.39, 0.29) is 6.10 Å². The van der Waals surface area contributed by atoms with Gasteiger partial charge in [-0.05, 0) is 49.9 Å². The second-order valence-electron chi connectivity index (χ2n) is 5.77. The van der Waals surface area contributed by atoms with E-state index < -0.39 is 0 Å². The van der Waals surface area contributed by atoms with Crippen LogP contribution in [0.2, 0.25) is 0 Å². The molecule has 0 aliphatic heterocycles. The van der Waals surface area contributed by atoms with Crippen LogP contribution in [-0.2, 0) is 0 Å². The highest BCUT2D eigenvalue weighted by molar-refractivity contribution is 4.73. The topological polar surface area (TPSA) is 20.2 Å². The molecule has 1 fully saturated rings. The fraction of sp³-hybridized carbons (Fsp3) is 1.00. The summed E-state index contributed by atoms with van der Waals surface area (Å²) in [5, 5.41) is 9.36. The maximum absolute atomic E-state index is 9.36. The molecule has 0 amide bonds. The van der Waals surface area contributed by atoms with Crippen LogP contribution >= 0.6 is 0 Å². The summed E-state index contributed by atoms with van der Waals surface area (Å²) in [5.41, 5.74) is 0.482. The fourth-order valence-corrected chi connectivity index (χ4v) is 2.07. The smallest absolute Gasteiger partial charge is 0.0540 e. The molecule has 0 atom stereocenters. The van der Waals surface area contributed by atoms with Gasteiger partial charge in [-0.3, -0.25) is 0 Å². The molecule has 0 heterocycles. The van der Waals surface area contributed by atoms with Crippen molar-refractivity contribution >= 4 is 0 Å². The molecule has 1 N–H and O–H groups in total. The van der Waals surface area contributed by atoms with Crippen LogP contribution in [0.25, 0.3) is 0 Å². The molecule has 0 saturated heterocycles. The highest BCUT2D eigenvalue weighted by Gasteiger charge is 2.21. The Morgan fingerprint density at radius 3 is 2.08 bits per heavy atom. The van der Waals surface area contributed by atoms with Gasteiger partial charge in [0.15, 0.2) is 0 Å². The second-order valence-corrected chi connectivity index (χ2v) is 5.77. The van der Waals surface area contributed by atoms with E-state index in [1.54, 1.807) is 0 Å². The molecule has 1 rings (SSSR count). The van der Waals surface area contributed by atoms with Crippen LogP contribution in [0, 0.1) is 11.3 Å². The van der Waals surface area contributed by atoms with Gasteiger partial charge in [0.2, 0.25) is 0 Å². The minimum Gasteiger partial charge on any atom is -0.393 e. The largest absolute Gasteiger partial charge is 0.393 e. The van der Waals surface area contributed by atoms with Crippen LogP contribution in [-0.4, -0.2) is 11.2 Å². The minimum atomic E-state index is 0.00545. The molecule has 1 heteroatoms. The summed E-state index contributed by atoms with van der Waals surface area (Å²) in [6.07, 6.45) is 7.26. The second kappa shape index (κ2) is 4.45. The van der Waals surface area contributed by atoms with Gasteiger partial charge in [-0.15, -0.1) is 0 Å². The Labute approximate surface area is 82.5 Å². The van der Waals surface area contributed by atoms with Crippen LogP contribution < -0.4 is 0 Å². The zero-order chi connectivity index (χ0) is 9.90. The highest BCUT2D eigenvalue weighted by atomic mass is 16.3. The summed E-state index contributed by atoms with van der Waals surface area (Å²) in [4.78, 5) is 0. The predicted octanol–water partition coefficient (Wildman–Crippen LogP) is 3.36. The highest BCUT2D eigenvalue weighted by Crippen LogP contribution is 2.31. The number of hydrogen-bond donors (Lipinski definition) is 1. The monoisotopic (exact) mass is 184 g/mol. The summed E-state index contributed by atoms with van der Waals surface area (Å²) in [5.74, 6) is 0.891. The number of hydrogen-bond acceptors (Lipinski definition) is 1. The molecule has 0 bridgehead atoms. The van der Waals surface area contributed by atoms with Crippen LogP contribution in [0.3, 0.4) is 0 Å². The Kier molecular flexibility index (Phi) is 3.78. The Hall–Kier alpha value is -0.0400. The first-order valence-electron chi connectivity index (χ1n) is 5.65. The van der Waals surface area contributed by atoms with Gasteiger partial charge in [0.25, 0.3) is 0 Å². The van der Waals surface area contributed by atoms with Crippen molar-refractivity contribution in [3.63, 3.8) is 0 Å². The summed E-state index contributed by atoms with van der Waals surface area (Å²) >= 11 is 0. The van der Waals surface area contributed by atoms with Gasteiger partial charge in [-0.1, -0.05) is 20.8 Å². The first-order valence-corrected chi connectivity index (χ1v) is 5.65. The van der Waals surface area contributed by atoms with Crippen molar-refractivity contribution in [1.82, 2.24) is 0 Å². The van der Waals surface area contributed by atoms with Crippen molar-refractivity contribution in [1.29, 1.82) is 0 Å². The van der Waals surface area contributed by atoms with Crippen molar-refractivity contribution in [2.75, 3.05) is 0 Å². The molecule has 0 unspecified atom stereocenters. The van der Waals surface area contributed by atoms with Crippen molar-refractivity contribution in [3.05, 3.63) is 0 Å². The third-order valence-corrected chi connectivity index (χ3v) is 3.12. The lowest BCUT2D eigenvalue weighted by molar-refractivity contribution is 0.103. The van der Waals surface area contributed by atoms with Crippen LogP contribution in [0.15, 0.2) is 0 Å². The number of aliphatic hydroxyl groups is 1. The van der Waals surface area contributed by atoms with E-state index >= 15 is 0 Å². The Morgan fingerprint density at radius 2 is 1.62 bits per heavy atom. The maximum atomic E-state index is 9.36. The number of rotatable bonds is 2. The molecule has 1 aliphatic carbocycles. The average Bonchev–Trinajstić information content (AvgIpc) is 2.02.